The third-order valence-electron chi connectivity index (χ3n) is 7.45. The molecule has 12 nitrogen and oxygen atoms in total. The molecule has 0 spiro atoms. The van der Waals surface area contributed by atoms with Gasteiger partial charge in [0.2, 0.25) is 5.91 Å². The molecule has 2 aliphatic heterocycles. The largest absolute Gasteiger partial charge is 0.350 e. The van der Waals surface area contributed by atoms with Crippen LogP contribution in [0.4, 0.5) is 20.2 Å². The Morgan fingerprint density at radius 1 is 0.977 bits per heavy atom. The first-order valence-corrected chi connectivity index (χ1v) is 13.6. The van der Waals surface area contributed by atoms with Gasteiger partial charge in [-0.25, -0.2) is 0 Å². The number of pyridine rings is 1. The van der Waals surface area contributed by atoms with Crippen LogP contribution in [0.1, 0.15) is 57.3 Å². The molecule has 1 saturated heterocycles. The quantitative estimate of drug-likeness (QED) is 0.349. The van der Waals surface area contributed by atoms with Crippen LogP contribution in [0.3, 0.4) is 0 Å². The second-order valence-corrected chi connectivity index (χ2v) is 10.2. The molecule has 220 valence electrons. The van der Waals surface area contributed by atoms with E-state index < -0.39 is 12.6 Å². The van der Waals surface area contributed by atoms with Gasteiger partial charge < -0.3 is 15.1 Å². The lowest BCUT2D eigenvalue weighted by Gasteiger charge is -2.38. The predicted octanol–water partition coefficient (Wildman–Crippen LogP) is 3.13. The van der Waals surface area contributed by atoms with E-state index in [4.69, 9.17) is 0 Å². The molecule has 1 N–H and O–H groups in total. The maximum atomic E-state index is 13.5. The number of halogens is 2. The Hall–Kier alpha value is -5.11. The Kier molecular flexibility index (Phi) is 7.59. The third kappa shape index (κ3) is 5.68. The molecule has 4 aromatic rings. The minimum absolute atomic E-state index is 0.154. The van der Waals surface area contributed by atoms with E-state index in [1.54, 1.807) is 40.1 Å². The topological polar surface area (TPSA) is 129 Å². The van der Waals surface area contributed by atoms with Crippen molar-refractivity contribution in [2.45, 2.75) is 26.1 Å². The first-order valence-electron chi connectivity index (χ1n) is 13.6. The first kappa shape index (κ1) is 28.0. The van der Waals surface area contributed by atoms with Gasteiger partial charge >= 0.3 is 6.55 Å². The van der Waals surface area contributed by atoms with Crippen LogP contribution in [0.15, 0.2) is 66.9 Å². The Morgan fingerprint density at radius 2 is 1.74 bits per heavy atom. The van der Waals surface area contributed by atoms with Gasteiger partial charge in [0.1, 0.15) is 5.69 Å². The first-order chi connectivity index (χ1) is 20.8. The zero-order valence-electron chi connectivity index (χ0n) is 23.1. The number of carbonyl (C=O) groups excluding carboxylic acids is 3. The van der Waals surface area contributed by atoms with Crippen molar-refractivity contribution in [1.29, 1.82) is 0 Å². The van der Waals surface area contributed by atoms with Crippen LogP contribution in [0.25, 0.3) is 0 Å². The monoisotopic (exact) mass is 587 g/mol. The predicted molar refractivity (Wildman–Crippen MR) is 150 cm³/mol. The summed E-state index contributed by atoms with van der Waals surface area (Å²) in [5, 5.41) is 14.0. The molecule has 0 unspecified atom stereocenters. The Bertz CT molecular complexity index is 1670. The highest BCUT2D eigenvalue weighted by Gasteiger charge is 2.33. The summed E-state index contributed by atoms with van der Waals surface area (Å²) >= 11 is 0. The van der Waals surface area contributed by atoms with Gasteiger partial charge in [-0.3, -0.25) is 24.3 Å². The number of rotatable bonds is 7. The normalized spacial score (nSPS) is 16.0. The van der Waals surface area contributed by atoms with E-state index in [2.05, 4.69) is 25.7 Å². The highest BCUT2D eigenvalue weighted by Crippen LogP contribution is 2.31. The number of alkyl halides is 2. The molecule has 1 fully saturated rings. The summed E-state index contributed by atoms with van der Waals surface area (Å²) in [6, 6.07) is 17.3. The van der Waals surface area contributed by atoms with E-state index in [0.29, 0.717) is 49.7 Å². The van der Waals surface area contributed by atoms with Gasteiger partial charge in [0.05, 0.1) is 12.6 Å². The average molecular weight is 588 g/mol. The van der Waals surface area contributed by atoms with E-state index in [1.165, 1.54) is 13.1 Å². The number of anilines is 2. The summed E-state index contributed by atoms with van der Waals surface area (Å²) in [6.45, 7) is 0.416. The molecule has 0 radical (unpaired) electrons. The molecule has 0 bridgehead atoms. The Labute approximate surface area is 244 Å². The number of nitrogens with zero attached hydrogens (tertiary/aromatic N) is 8. The summed E-state index contributed by atoms with van der Waals surface area (Å²) in [6.07, 6.45) is 1.50. The number of carbonyl (C=O) groups is 3. The number of nitrogens with one attached hydrogen (secondary N) is 1. The molecular weight excluding hydrogens is 560 g/mol. The number of piperazine rings is 1. The van der Waals surface area contributed by atoms with Gasteiger partial charge in [-0.15, -0.1) is 10.2 Å². The average Bonchev–Trinajstić information content (AvgIpc) is 3.63. The summed E-state index contributed by atoms with van der Waals surface area (Å²) in [7, 11) is 0. The molecule has 2 aromatic heterocycles. The van der Waals surface area contributed by atoms with Crippen molar-refractivity contribution in [2.24, 2.45) is 0 Å². The fourth-order valence-electron chi connectivity index (χ4n) is 5.43. The molecule has 0 aliphatic carbocycles. The molecule has 43 heavy (non-hydrogen) atoms. The van der Waals surface area contributed by atoms with Crippen molar-refractivity contribution < 1.29 is 23.2 Å². The molecular formula is C29H27F2N9O3. The van der Waals surface area contributed by atoms with E-state index >= 15 is 0 Å². The van der Waals surface area contributed by atoms with Gasteiger partial charge in [-0.05, 0) is 40.6 Å². The van der Waals surface area contributed by atoms with Crippen molar-refractivity contribution in [3.05, 3.63) is 95.1 Å². The maximum Gasteiger partial charge on any atom is 0.350 e. The SMILES string of the molecule is CC(=O)Nc1ccc2c(c1)C(=O)N(c1ccnc(C(=O)N3CCN([C@H](c4ccccc4)c4nnn(C(F)F)n4)CC3)c1)C2. The number of benzene rings is 2. The molecule has 1 atom stereocenters. The molecule has 3 amide bonds. The summed E-state index contributed by atoms with van der Waals surface area (Å²) in [5.74, 6) is -0.588. The van der Waals surface area contributed by atoms with Gasteiger partial charge in [0.25, 0.3) is 11.8 Å². The smallest absolute Gasteiger partial charge is 0.335 e. The van der Waals surface area contributed by atoms with Crippen LogP contribution in [0, 0.1) is 0 Å². The van der Waals surface area contributed by atoms with Gasteiger partial charge in [-0.2, -0.15) is 8.78 Å². The third-order valence-corrected chi connectivity index (χ3v) is 7.45. The molecule has 14 heteroatoms. The molecule has 4 heterocycles. The number of tetrazole rings is 1. The van der Waals surface area contributed by atoms with Gasteiger partial charge in [0, 0.05) is 56.2 Å². The standard InChI is InChI=1S/C29H27F2N9O3/c1-18(41)33-21-8-7-20-17-39(27(42)23(20)15-21)22-9-10-32-24(16-22)28(43)38-13-11-37(12-14-38)25(19-5-3-2-4-6-19)26-34-36-40(35-26)29(30)31/h2-10,15-16,25,29H,11-14,17H2,1H3,(H,33,41)/t25-/m1/s1. The number of aromatic nitrogens is 5. The molecule has 0 saturated carbocycles. The van der Waals surface area contributed by atoms with Crippen molar-refractivity contribution in [3.8, 4) is 0 Å². The fraction of sp³-hybridized carbons (Fsp3) is 0.276. The van der Waals surface area contributed by atoms with E-state index in [9.17, 15) is 23.2 Å². The maximum absolute atomic E-state index is 13.5. The zero-order chi connectivity index (χ0) is 30.1. The minimum Gasteiger partial charge on any atom is -0.335 e. The Balaban J connectivity index is 1.16. The van der Waals surface area contributed by atoms with E-state index in [1.807, 2.05) is 35.2 Å². The number of fused-ring (bicyclic) bond motifs is 1. The number of hydrogen-bond donors (Lipinski definition) is 1. The lowest BCUT2D eigenvalue weighted by atomic mass is 10.0. The lowest BCUT2D eigenvalue weighted by molar-refractivity contribution is -0.114. The second-order valence-electron chi connectivity index (χ2n) is 10.2. The van der Waals surface area contributed by atoms with Crippen molar-refractivity contribution in [1.82, 2.24) is 35.0 Å². The molecule has 2 aromatic carbocycles. The lowest BCUT2D eigenvalue weighted by Crippen LogP contribution is -2.50. The minimum atomic E-state index is -2.90. The highest BCUT2D eigenvalue weighted by atomic mass is 19.3. The molecule has 6 rings (SSSR count). The second kappa shape index (κ2) is 11.6. The molecule has 2 aliphatic rings. The van der Waals surface area contributed by atoms with Gasteiger partial charge in [-0.1, -0.05) is 41.2 Å². The summed E-state index contributed by atoms with van der Waals surface area (Å²) in [5.41, 5.74) is 3.41. The van der Waals surface area contributed by atoms with Crippen LogP contribution >= 0.6 is 0 Å². The van der Waals surface area contributed by atoms with Crippen LogP contribution in [0.2, 0.25) is 0 Å². The summed E-state index contributed by atoms with van der Waals surface area (Å²) < 4.78 is 26.3. The van der Waals surface area contributed by atoms with Crippen LogP contribution in [-0.4, -0.2) is 78.9 Å². The Morgan fingerprint density at radius 3 is 2.44 bits per heavy atom. The highest BCUT2D eigenvalue weighted by molar-refractivity contribution is 6.11. The van der Waals surface area contributed by atoms with E-state index in [-0.39, 0.29) is 34.0 Å². The van der Waals surface area contributed by atoms with Crippen LogP contribution < -0.4 is 10.2 Å². The van der Waals surface area contributed by atoms with E-state index in [0.717, 1.165) is 11.1 Å². The van der Waals surface area contributed by atoms with Crippen LogP contribution in [-0.2, 0) is 11.3 Å². The summed E-state index contributed by atoms with van der Waals surface area (Å²) in [4.78, 5) is 48.0. The van der Waals surface area contributed by atoms with Crippen molar-refractivity contribution in [2.75, 3.05) is 36.4 Å². The number of hydrogen-bond acceptors (Lipinski definition) is 8. The van der Waals surface area contributed by atoms with Crippen molar-refractivity contribution in [3.63, 3.8) is 0 Å². The van der Waals surface area contributed by atoms with Crippen LogP contribution in [0.5, 0.6) is 0 Å². The zero-order valence-corrected chi connectivity index (χ0v) is 23.1. The van der Waals surface area contributed by atoms with Crippen molar-refractivity contribution >= 4 is 29.1 Å². The fourth-order valence-corrected chi connectivity index (χ4v) is 5.43. The number of amides is 3. The van der Waals surface area contributed by atoms with Gasteiger partial charge in [0.15, 0.2) is 5.82 Å².